The van der Waals surface area contributed by atoms with E-state index in [0.29, 0.717) is 5.56 Å². The van der Waals surface area contributed by atoms with Crippen LogP contribution in [0.15, 0.2) is 29.5 Å². The summed E-state index contributed by atoms with van der Waals surface area (Å²) in [6.45, 7) is 2.79. The standard InChI is InChI=1S/C16H17N3O7/c1-3-25-14(20)10-7-17-16(22)18-11(10)8-26-15(21)13-9(2)5-4-6-12(13)19(23)24/h4-6H,3,7-8H2,1-2H3,(H2,17,18,22). The Morgan fingerprint density at radius 2 is 2.00 bits per heavy atom. The second-order valence-electron chi connectivity index (χ2n) is 5.29. The fourth-order valence-corrected chi connectivity index (χ4v) is 2.35. The van der Waals surface area contributed by atoms with E-state index < -0.39 is 29.5 Å². The van der Waals surface area contributed by atoms with E-state index in [4.69, 9.17) is 9.47 Å². The topological polar surface area (TPSA) is 137 Å². The van der Waals surface area contributed by atoms with Gasteiger partial charge in [0.25, 0.3) is 5.69 Å². The van der Waals surface area contributed by atoms with E-state index in [2.05, 4.69) is 10.6 Å². The minimum Gasteiger partial charge on any atom is -0.463 e. The van der Waals surface area contributed by atoms with Crippen molar-refractivity contribution in [3.05, 3.63) is 50.7 Å². The van der Waals surface area contributed by atoms with Crippen LogP contribution in [0.25, 0.3) is 0 Å². The van der Waals surface area contributed by atoms with E-state index >= 15 is 0 Å². The largest absolute Gasteiger partial charge is 0.463 e. The van der Waals surface area contributed by atoms with Gasteiger partial charge in [-0.05, 0) is 19.4 Å². The number of amides is 2. The molecule has 1 heterocycles. The normalized spacial score (nSPS) is 13.5. The van der Waals surface area contributed by atoms with Crippen LogP contribution in [-0.2, 0) is 14.3 Å². The lowest BCUT2D eigenvalue weighted by Crippen LogP contribution is -2.45. The van der Waals surface area contributed by atoms with E-state index in [-0.39, 0.29) is 35.7 Å². The number of hydrogen-bond donors (Lipinski definition) is 2. The van der Waals surface area contributed by atoms with Gasteiger partial charge in [0.2, 0.25) is 0 Å². The number of nitrogens with one attached hydrogen (secondary N) is 2. The quantitative estimate of drug-likeness (QED) is 0.440. The third-order valence-corrected chi connectivity index (χ3v) is 3.58. The highest BCUT2D eigenvalue weighted by atomic mass is 16.6. The molecule has 0 unspecified atom stereocenters. The number of carbonyl (C=O) groups excluding carboxylic acids is 3. The van der Waals surface area contributed by atoms with Gasteiger partial charge in [0, 0.05) is 6.07 Å². The third kappa shape index (κ3) is 4.15. The maximum absolute atomic E-state index is 12.3. The van der Waals surface area contributed by atoms with Crippen LogP contribution in [-0.4, -0.2) is 42.7 Å². The van der Waals surface area contributed by atoms with Crippen LogP contribution in [0.5, 0.6) is 0 Å². The number of carbonyl (C=O) groups is 3. The van der Waals surface area contributed by atoms with Crippen LogP contribution >= 0.6 is 0 Å². The lowest BCUT2D eigenvalue weighted by Gasteiger charge is -2.21. The molecule has 138 valence electrons. The first kappa shape index (κ1) is 18.9. The van der Waals surface area contributed by atoms with Gasteiger partial charge in [0.15, 0.2) is 0 Å². The van der Waals surface area contributed by atoms with Gasteiger partial charge in [0.1, 0.15) is 12.2 Å². The average molecular weight is 363 g/mol. The minimum atomic E-state index is -0.932. The number of ether oxygens (including phenoxy) is 2. The molecule has 0 bridgehead atoms. The summed E-state index contributed by atoms with van der Waals surface area (Å²) in [5.41, 5.74) is -0.0200. The van der Waals surface area contributed by atoms with Gasteiger partial charge in [-0.3, -0.25) is 10.1 Å². The molecule has 2 amide bonds. The smallest absolute Gasteiger partial charge is 0.345 e. The summed E-state index contributed by atoms with van der Waals surface area (Å²) < 4.78 is 9.98. The fraction of sp³-hybridized carbons (Fsp3) is 0.312. The molecule has 0 fully saturated rings. The van der Waals surface area contributed by atoms with E-state index in [0.717, 1.165) is 0 Å². The molecule has 0 saturated heterocycles. The predicted octanol–water partition coefficient (Wildman–Crippen LogP) is 1.19. The molecular formula is C16H17N3O7. The number of hydrogen-bond acceptors (Lipinski definition) is 7. The van der Waals surface area contributed by atoms with Crippen molar-refractivity contribution in [2.75, 3.05) is 19.8 Å². The second-order valence-corrected chi connectivity index (χ2v) is 5.29. The fourth-order valence-electron chi connectivity index (χ4n) is 2.35. The number of esters is 2. The molecule has 2 N–H and O–H groups in total. The van der Waals surface area contributed by atoms with E-state index in [1.807, 2.05) is 0 Å². The summed E-state index contributed by atoms with van der Waals surface area (Å²) in [7, 11) is 0. The Morgan fingerprint density at radius 3 is 2.65 bits per heavy atom. The van der Waals surface area contributed by atoms with Crippen LogP contribution in [0.3, 0.4) is 0 Å². The van der Waals surface area contributed by atoms with E-state index in [1.165, 1.54) is 12.1 Å². The van der Waals surface area contributed by atoms with Gasteiger partial charge in [0.05, 0.1) is 29.3 Å². The Morgan fingerprint density at radius 1 is 1.27 bits per heavy atom. The van der Waals surface area contributed by atoms with Gasteiger partial charge >= 0.3 is 18.0 Å². The highest BCUT2D eigenvalue weighted by Crippen LogP contribution is 2.23. The van der Waals surface area contributed by atoms with Crippen LogP contribution in [0, 0.1) is 17.0 Å². The molecule has 10 nitrogen and oxygen atoms in total. The van der Waals surface area contributed by atoms with Crippen LogP contribution in [0.2, 0.25) is 0 Å². The molecule has 1 aromatic carbocycles. The summed E-state index contributed by atoms with van der Waals surface area (Å²) in [5.74, 6) is -1.59. The zero-order valence-corrected chi connectivity index (χ0v) is 14.2. The highest BCUT2D eigenvalue weighted by molar-refractivity contribution is 5.96. The molecule has 1 aromatic rings. The Labute approximate surface area is 148 Å². The number of nitro groups is 1. The van der Waals surface area contributed by atoms with Gasteiger partial charge in [-0.25, -0.2) is 14.4 Å². The van der Waals surface area contributed by atoms with E-state index in [9.17, 15) is 24.5 Å². The van der Waals surface area contributed by atoms with Gasteiger partial charge < -0.3 is 20.1 Å². The number of nitrogens with zero attached hydrogens (tertiary/aromatic N) is 1. The third-order valence-electron chi connectivity index (χ3n) is 3.58. The van der Waals surface area contributed by atoms with Crippen molar-refractivity contribution in [3.63, 3.8) is 0 Å². The van der Waals surface area contributed by atoms with Gasteiger partial charge in [-0.15, -0.1) is 0 Å². The minimum absolute atomic E-state index is 0.0665. The number of nitro benzene ring substituents is 1. The Kier molecular flexibility index (Phi) is 5.89. The number of aryl methyl sites for hydroxylation is 1. The van der Waals surface area contributed by atoms with Gasteiger partial charge in [-0.1, -0.05) is 12.1 Å². The molecule has 0 radical (unpaired) electrons. The summed E-state index contributed by atoms with van der Waals surface area (Å²) in [6.07, 6.45) is 0. The summed E-state index contributed by atoms with van der Waals surface area (Å²) in [6, 6.07) is 3.63. The molecule has 0 aromatic heterocycles. The first-order chi connectivity index (χ1) is 12.3. The Hall–Kier alpha value is -3.43. The number of urea groups is 1. The maximum atomic E-state index is 12.3. The first-order valence-corrected chi connectivity index (χ1v) is 7.70. The summed E-state index contributed by atoms with van der Waals surface area (Å²) in [5, 5.41) is 15.9. The molecule has 2 rings (SSSR count). The Bertz CT molecular complexity index is 801. The molecule has 26 heavy (non-hydrogen) atoms. The number of benzene rings is 1. The Balaban J connectivity index is 2.23. The predicted molar refractivity (Wildman–Crippen MR) is 88.3 cm³/mol. The summed E-state index contributed by atoms with van der Waals surface area (Å²) in [4.78, 5) is 46.1. The van der Waals surface area contributed by atoms with Crippen molar-refractivity contribution in [1.29, 1.82) is 0 Å². The zero-order valence-electron chi connectivity index (χ0n) is 14.2. The monoisotopic (exact) mass is 363 g/mol. The average Bonchev–Trinajstić information content (AvgIpc) is 2.59. The molecule has 0 saturated carbocycles. The lowest BCUT2D eigenvalue weighted by molar-refractivity contribution is -0.385. The van der Waals surface area contributed by atoms with Crippen LogP contribution in [0.1, 0.15) is 22.8 Å². The summed E-state index contributed by atoms with van der Waals surface area (Å²) >= 11 is 0. The maximum Gasteiger partial charge on any atom is 0.345 e. The van der Waals surface area contributed by atoms with Crippen molar-refractivity contribution in [2.24, 2.45) is 0 Å². The van der Waals surface area contributed by atoms with Gasteiger partial charge in [-0.2, -0.15) is 0 Å². The molecule has 1 aliphatic heterocycles. The van der Waals surface area contributed by atoms with Crippen LogP contribution in [0.4, 0.5) is 10.5 Å². The molecule has 10 heteroatoms. The van der Waals surface area contributed by atoms with E-state index in [1.54, 1.807) is 19.9 Å². The molecule has 0 aliphatic carbocycles. The molecule has 0 atom stereocenters. The second kappa shape index (κ2) is 8.10. The van der Waals surface area contributed by atoms with Crippen molar-refractivity contribution in [3.8, 4) is 0 Å². The van der Waals surface area contributed by atoms with Crippen molar-refractivity contribution >= 4 is 23.7 Å². The highest BCUT2D eigenvalue weighted by Gasteiger charge is 2.27. The van der Waals surface area contributed by atoms with Crippen molar-refractivity contribution < 1.29 is 28.8 Å². The van der Waals surface area contributed by atoms with Crippen molar-refractivity contribution in [1.82, 2.24) is 10.6 Å². The number of rotatable bonds is 6. The van der Waals surface area contributed by atoms with Crippen molar-refractivity contribution in [2.45, 2.75) is 13.8 Å². The first-order valence-electron chi connectivity index (χ1n) is 7.70. The molecule has 0 spiro atoms. The lowest BCUT2D eigenvalue weighted by atomic mass is 10.1. The molecule has 1 aliphatic rings. The SMILES string of the molecule is CCOC(=O)C1=C(COC(=O)c2c(C)cccc2[N+](=O)[O-])NC(=O)NC1. The zero-order chi connectivity index (χ0) is 19.3. The van der Waals surface area contributed by atoms with Crippen LogP contribution < -0.4 is 10.6 Å². The molecular weight excluding hydrogens is 346 g/mol.